The Morgan fingerprint density at radius 3 is 2.21 bits per heavy atom. The number of carbonyl (C=O) groups is 4. The predicted molar refractivity (Wildman–Crippen MR) is 115 cm³/mol. The molecule has 186 valence electrons. The van der Waals surface area contributed by atoms with E-state index in [4.69, 9.17) is 4.74 Å². The number of likely N-dealkylation sites (tertiary alicyclic amines) is 1. The lowest BCUT2D eigenvalue weighted by Crippen LogP contribution is -2.50. The van der Waals surface area contributed by atoms with Crippen LogP contribution in [-0.2, 0) is 9.53 Å². The highest BCUT2D eigenvalue weighted by Crippen LogP contribution is 2.26. The van der Waals surface area contributed by atoms with E-state index in [2.05, 4.69) is 0 Å². The molecule has 0 aromatic heterocycles. The lowest BCUT2D eigenvalue weighted by atomic mass is 10.1. The summed E-state index contributed by atoms with van der Waals surface area (Å²) in [6.07, 6.45) is -4.76. The van der Waals surface area contributed by atoms with Gasteiger partial charge in [0.05, 0.1) is 17.2 Å². The Labute approximate surface area is 195 Å². The van der Waals surface area contributed by atoms with Gasteiger partial charge in [-0.2, -0.15) is 13.2 Å². The van der Waals surface area contributed by atoms with Gasteiger partial charge in [0.1, 0.15) is 5.60 Å². The zero-order chi connectivity index (χ0) is 25.3. The number of amides is 4. The van der Waals surface area contributed by atoms with E-state index in [1.807, 2.05) is 0 Å². The maximum absolute atomic E-state index is 13.3. The quantitative estimate of drug-likeness (QED) is 0.579. The highest BCUT2D eigenvalue weighted by molar-refractivity contribution is 6.21. The first kappa shape index (κ1) is 25.5. The van der Waals surface area contributed by atoms with E-state index in [1.165, 1.54) is 17.0 Å². The summed E-state index contributed by atoms with van der Waals surface area (Å²) >= 11 is 0. The van der Waals surface area contributed by atoms with Crippen molar-refractivity contribution >= 4 is 23.8 Å². The average Bonchev–Trinajstić information content (AvgIpc) is 3.29. The topological polar surface area (TPSA) is 87.2 Å². The molecule has 1 unspecified atom stereocenters. The minimum absolute atomic E-state index is 0.0353. The second-order valence-electron chi connectivity index (χ2n) is 9.38. The zero-order valence-electron chi connectivity index (χ0n) is 19.4. The zero-order valence-corrected chi connectivity index (χ0v) is 19.4. The molecule has 0 saturated carbocycles. The number of alkyl halides is 3. The van der Waals surface area contributed by atoms with Crippen LogP contribution in [0.5, 0.6) is 0 Å². The third-order valence-corrected chi connectivity index (χ3v) is 5.65. The Balaban J connectivity index is 1.66. The van der Waals surface area contributed by atoms with Crippen molar-refractivity contribution in [2.75, 3.05) is 26.2 Å². The van der Waals surface area contributed by atoms with Crippen LogP contribution in [0, 0.1) is 0 Å². The molecule has 2 aliphatic rings. The van der Waals surface area contributed by atoms with E-state index in [0.717, 1.165) is 4.90 Å². The van der Waals surface area contributed by atoms with Crippen LogP contribution < -0.4 is 0 Å². The number of fused-ring (bicyclic) bond motifs is 1. The molecule has 1 saturated heterocycles. The molecule has 0 radical (unpaired) electrons. The molecular formula is C23H28F3N3O5. The molecule has 0 N–H and O–H groups in total. The number of hydrogen-bond donors (Lipinski definition) is 0. The van der Waals surface area contributed by atoms with E-state index in [-0.39, 0.29) is 37.2 Å². The van der Waals surface area contributed by atoms with Gasteiger partial charge in [0.15, 0.2) is 0 Å². The molecule has 11 heteroatoms. The van der Waals surface area contributed by atoms with Gasteiger partial charge in [0, 0.05) is 26.2 Å². The smallest absolute Gasteiger partial charge is 0.444 e. The first-order valence-corrected chi connectivity index (χ1v) is 11.1. The molecule has 8 nitrogen and oxygen atoms in total. The van der Waals surface area contributed by atoms with Crippen molar-refractivity contribution in [3.05, 3.63) is 35.4 Å². The van der Waals surface area contributed by atoms with Crippen LogP contribution >= 0.6 is 0 Å². The van der Waals surface area contributed by atoms with E-state index in [9.17, 15) is 32.3 Å². The lowest BCUT2D eigenvalue weighted by molar-refractivity contribution is -0.186. The Hall–Kier alpha value is -3.11. The Kier molecular flexibility index (Phi) is 7.23. The monoisotopic (exact) mass is 483 g/mol. The summed E-state index contributed by atoms with van der Waals surface area (Å²) in [4.78, 5) is 52.5. The Morgan fingerprint density at radius 2 is 1.68 bits per heavy atom. The first-order valence-electron chi connectivity index (χ1n) is 11.1. The number of rotatable bonds is 6. The van der Waals surface area contributed by atoms with E-state index in [1.54, 1.807) is 32.9 Å². The molecule has 34 heavy (non-hydrogen) atoms. The number of ether oxygens (including phenoxy) is 1. The fourth-order valence-electron chi connectivity index (χ4n) is 4.16. The van der Waals surface area contributed by atoms with Crippen LogP contribution in [0.1, 0.15) is 60.7 Å². The fourth-order valence-corrected chi connectivity index (χ4v) is 4.16. The van der Waals surface area contributed by atoms with Gasteiger partial charge >= 0.3 is 18.2 Å². The van der Waals surface area contributed by atoms with Crippen molar-refractivity contribution in [2.24, 2.45) is 0 Å². The first-order chi connectivity index (χ1) is 15.8. The van der Waals surface area contributed by atoms with Crippen molar-refractivity contribution in [3.8, 4) is 0 Å². The predicted octanol–water partition coefficient (Wildman–Crippen LogP) is 3.46. The molecule has 0 bridgehead atoms. The van der Waals surface area contributed by atoms with Crippen molar-refractivity contribution < 1.29 is 37.1 Å². The SMILES string of the molecule is CC(C)(C)OC(=O)N1CCCC1CN(CCCN1C(=O)c2ccccc2C1=O)C(=O)C(F)(F)F. The normalized spacial score (nSPS) is 18.4. The molecular weight excluding hydrogens is 455 g/mol. The van der Waals surface area contributed by atoms with Crippen LogP contribution in [0.4, 0.5) is 18.0 Å². The van der Waals surface area contributed by atoms with Gasteiger partial charge in [-0.3, -0.25) is 19.3 Å². The van der Waals surface area contributed by atoms with Crippen LogP contribution in [-0.4, -0.2) is 82.5 Å². The second-order valence-corrected chi connectivity index (χ2v) is 9.38. The van der Waals surface area contributed by atoms with Gasteiger partial charge in [0.2, 0.25) is 0 Å². The third kappa shape index (κ3) is 5.68. The highest BCUT2D eigenvalue weighted by atomic mass is 19.4. The maximum Gasteiger partial charge on any atom is 0.471 e. The minimum atomic E-state index is -5.09. The summed E-state index contributed by atoms with van der Waals surface area (Å²) in [5.74, 6) is -3.05. The highest BCUT2D eigenvalue weighted by Gasteiger charge is 2.44. The molecule has 1 aromatic carbocycles. The summed E-state index contributed by atoms with van der Waals surface area (Å²) in [6.45, 7) is 4.61. The van der Waals surface area contributed by atoms with Crippen LogP contribution in [0.25, 0.3) is 0 Å². The summed E-state index contributed by atoms with van der Waals surface area (Å²) in [5, 5.41) is 0. The van der Waals surface area contributed by atoms with Crippen molar-refractivity contribution in [2.45, 2.75) is 57.9 Å². The molecule has 2 aliphatic heterocycles. The van der Waals surface area contributed by atoms with Gasteiger partial charge < -0.3 is 14.5 Å². The summed E-state index contributed by atoms with van der Waals surface area (Å²) in [7, 11) is 0. The molecule has 1 fully saturated rings. The number of nitrogens with zero attached hydrogens (tertiary/aromatic N) is 3. The molecule has 0 aliphatic carbocycles. The molecule has 4 amide bonds. The lowest BCUT2D eigenvalue weighted by Gasteiger charge is -2.32. The molecule has 0 spiro atoms. The Morgan fingerprint density at radius 1 is 1.09 bits per heavy atom. The van der Waals surface area contributed by atoms with Crippen molar-refractivity contribution in [1.82, 2.24) is 14.7 Å². The van der Waals surface area contributed by atoms with Gasteiger partial charge in [-0.05, 0) is 52.2 Å². The number of imide groups is 1. The number of carbonyl (C=O) groups excluding carboxylic acids is 4. The number of benzene rings is 1. The molecule has 1 aromatic rings. The summed E-state index contributed by atoms with van der Waals surface area (Å²) in [5.41, 5.74) is -0.276. The molecule has 3 rings (SSSR count). The standard InChI is InChI=1S/C23H28F3N3O5/c1-22(2,3)34-21(33)28-12-6-8-15(28)14-27(20(32)23(24,25)26)11-7-13-29-18(30)16-9-4-5-10-17(16)19(29)31/h4-5,9-10,15H,6-8,11-14H2,1-3H3. The van der Waals surface area contributed by atoms with Crippen molar-refractivity contribution in [3.63, 3.8) is 0 Å². The number of hydrogen-bond acceptors (Lipinski definition) is 5. The third-order valence-electron chi connectivity index (χ3n) is 5.65. The largest absolute Gasteiger partial charge is 0.471 e. The maximum atomic E-state index is 13.3. The second kappa shape index (κ2) is 9.63. The van der Waals surface area contributed by atoms with Gasteiger partial charge in [-0.1, -0.05) is 12.1 Å². The summed E-state index contributed by atoms with van der Waals surface area (Å²) < 4.78 is 45.1. The Bertz CT molecular complexity index is 938. The van der Waals surface area contributed by atoms with Crippen LogP contribution in [0.3, 0.4) is 0 Å². The minimum Gasteiger partial charge on any atom is -0.444 e. The number of halogens is 3. The van der Waals surface area contributed by atoms with Crippen molar-refractivity contribution in [1.29, 1.82) is 0 Å². The van der Waals surface area contributed by atoms with E-state index in [0.29, 0.717) is 24.3 Å². The average molecular weight is 483 g/mol. The van der Waals surface area contributed by atoms with Crippen LogP contribution in [0.2, 0.25) is 0 Å². The van der Waals surface area contributed by atoms with Gasteiger partial charge in [-0.25, -0.2) is 4.79 Å². The fraction of sp³-hybridized carbons (Fsp3) is 0.565. The molecule has 1 atom stereocenters. The van der Waals surface area contributed by atoms with E-state index >= 15 is 0 Å². The summed E-state index contributed by atoms with van der Waals surface area (Å²) in [6, 6.07) is 5.64. The molecule has 2 heterocycles. The van der Waals surface area contributed by atoms with Gasteiger partial charge in [-0.15, -0.1) is 0 Å². The van der Waals surface area contributed by atoms with E-state index < -0.39 is 41.6 Å². The van der Waals surface area contributed by atoms with Gasteiger partial charge in [0.25, 0.3) is 11.8 Å². The van der Waals surface area contributed by atoms with Crippen LogP contribution in [0.15, 0.2) is 24.3 Å².